The predicted molar refractivity (Wildman–Crippen MR) is 193 cm³/mol. The molecule has 0 fully saturated rings. The lowest BCUT2D eigenvalue weighted by atomic mass is 10.0. The molecule has 0 aliphatic carbocycles. The Kier molecular flexibility index (Phi) is 26.0. The zero-order valence-electron chi connectivity index (χ0n) is 35.8. The highest BCUT2D eigenvalue weighted by molar-refractivity contribution is 5.76. The monoisotopic (exact) mass is 627 g/mol. The first-order valence-corrected chi connectivity index (χ1v) is 18.7. The minimum absolute atomic E-state index is 0.101. The summed E-state index contributed by atoms with van der Waals surface area (Å²) < 4.78 is 52.9. The third-order valence-corrected chi connectivity index (χ3v) is 8.47. The molecule has 260 valence electrons. The van der Waals surface area contributed by atoms with Crippen molar-refractivity contribution in [3.8, 4) is 0 Å². The van der Waals surface area contributed by atoms with Crippen LogP contribution >= 0.6 is 0 Å². The van der Waals surface area contributed by atoms with Gasteiger partial charge in [-0.2, -0.15) is 0 Å². The molecule has 0 heterocycles. The molecular weight excluding hydrogens is 542 g/mol. The van der Waals surface area contributed by atoms with Crippen LogP contribution in [0.1, 0.15) is 216 Å². The molecule has 44 heavy (non-hydrogen) atoms. The molecule has 0 unspecified atom stereocenters. The summed E-state index contributed by atoms with van der Waals surface area (Å²) in [6.45, 7) is -1.04. The van der Waals surface area contributed by atoms with E-state index in [4.69, 9.17) is 9.60 Å². The molecule has 0 aromatic carbocycles. The minimum Gasteiger partial charge on any atom is -0.394 e. The number of aliphatic hydroxyl groups is 2. The second kappa shape index (κ2) is 36.3. The molecular formula is C40H77NO3. The normalized spacial score (nSPS) is 16.6. The molecule has 0 bridgehead atoms. The van der Waals surface area contributed by atoms with E-state index >= 15 is 0 Å². The fraction of sp³-hybridized carbons (Fsp3) is 0.875. The number of unbranched alkanes of at least 4 members (excludes halogenated alkanes) is 23. The van der Waals surface area contributed by atoms with Crippen LogP contribution in [0.5, 0.6) is 0 Å². The lowest BCUT2D eigenvalue weighted by molar-refractivity contribution is -0.123. The quantitative estimate of drug-likeness (QED) is 0.0484. The molecule has 0 aliphatic heterocycles. The van der Waals surface area contributed by atoms with E-state index in [1.807, 2.05) is 6.08 Å². The van der Waals surface area contributed by atoms with Crippen molar-refractivity contribution in [1.29, 1.82) is 0 Å². The summed E-state index contributed by atoms with van der Waals surface area (Å²) in [4.78, 5) is 12.4. The molecule has 0 aromatic heterocycles. The summed E-state index contributed by atoms with van der Waals surface area (Å²) >= 11 is 0. The third-order valence-electron chi connectivity index (χ3n) is 8.47. The van der Waals surface area contributed by atoms with Crippen molar-refractivity contribution in [3.05, 3.63) is 24.3 Å². The molecule has 1 amide bonds. The molecule has 0 saturated carbocycles. The van der Waals surface area contributed by atoms with Gasteiger partial charge >= 0.3 is 0 Å². The number of aliphatic hydroxyl groups excluding tert-OH is 2. The predicted octanol–water partition coefficient (Wildman–Crippen LogP) is 11.7. The van der Waals surface area contributed by atoms with E-state index in [1.54, 1.807) is 6.08 Å². The Morgan fingerprint density at radius 3 is 1.57 bits per heavy atom. The number of nitrogens with one attached hydrogen (secondary N) is 1. The van der Waals surface area contributed by atoms with Crippen molar-refractivity contribution in [2.45, 2.75) is 218 Å². The summed E-state index contributed by atoms with van der Waals surface area (Å²) in [5.74, 6) is -0.127. The highest BCUT2D eigenvalue weighted by Crippen LogP contribution is 2.14. The van der Waals surface area contributed by atoms with Crippen LogP contribution < -0.4 is 5.32 Å². The van der Waals surface area contributed by atoms with Crippen LogP contribution in [-0.4, -0.2) is 34.9 Å². The van der Waals surface area contributed by atoms with Gasteiger partial charge in [0.25, 0.3) is 0 Å². The van der Waals surface area contributed by atoms with Gasteiger partial charge in [0.1, 0.15) is 0 Å². The van der Waals surface area contributed by atoms with E-state index in [1.165, 1.54) is 89.9 Å². The van der Waals surface area contributed by atoms with Crippen molar-refractivity contribution < 1.29 is 24.6 Å². The van der Waals surface area contributed by atoms with Crippen LogP contribution in [0.25, 0.3) is 0 Å². The van der Waals surface area contributed by atoms with E-state index in [0.717, 1.165) is 70.6 Å². The molecule has 3 N–H and O–H groups in total. The minimum atomic E-state index is -2.98. The van der Waals surface area contributed by atoms with Gasteiger partial charge in [-0.3, -0.25) is 4.79 Å². The fourth-order valence-corrected chi connectivity index (χ4v) is 5.55. The van der Waals surface area contributed by atoms with Crippen molar-refractivity contribution in [1.82, 2.24) is 5.32 Å². The van der Waals surface area contributed by atoms with Gasteiger partial charge in [-0.1, -0.05) is 179 Å². The Morgan fingerprint density at radius 1 is 0.659 bits per heavy atom. The van der Waals surface area contributed by atoms with Gasteiger partial charge in [0.05, 0.1) is 18.8 Å². The van der Waals surface area contributed by atoms with Crippen LogP contribution in [0.15, 0.2) is 24.3 Å². The average Bonchev–Trinajstić information content (AvgIpc) is 3.07. The van der Waals surface area contributed by atoms with Crippen molar-refractivity contribution in [2.75, 3.05) is 6.61 Å². The highest BCUT2D eigenvalue weighted by atomic mass is 16.3. The van der Waals surface area contributed by atoms with Crippen molar-refractivity contribution >= 4 is 5.91 Å². The lowest BCUT2D eigenvalue weighted by Crippen LogP contribution is -2.45. The molecule has 0 spiro atoms. The molecule has 4 nitrogen and oxygen atoms in total. The van der Waals surface area contributed by atoms with Crippen LogP contribution in [0, 0.1) is 0 Å². The first-order valence-electron chi connectivity index (χ1n) is 22.2. The largest absolute Gasteiger partial charge is 0.394 e. The van der Waals surface area contributed by atoms with Crippen LogP contribution in [0.4, 0.5) is 0 Å². The Bertz CT molecular complexity index is 881. The van der Waals surface area contributed by atoms with E-state index in [-0.39, 0.29) is 18.9 Å². The van der Waals surface area contributed by atoms with Gasteiger partial charge in [-0.15, -0.1) is 0 Å². The zero-order chi connectivity index (χ0) is 38.3. The van der Waals surface area contributed by atoms with E-state index < -0.39 is 31.7 Å². The van der Waals surface area contributed by atoms with Gasteiger partial charge in [-0.25, -0.2) is 0 Å². The second-order valence-electron chi connectivity index (χ2n) is 12.7. The second-order valence-corrected chi connectivity index (χ2v) is 12.7. The summed E-state index contributed by atoms with van der Waals surface area (Å²) in [6.07, 6.45) is 31.8. The number of carbonyl (C=O) groups is 1. The maximum Gasteiger partial charge on any atom is 0.220 e. The van der Waals surface area contributed by atoms with Crippen LogP contribution in [0.3, 0.4) is 0 Å². The van der Waals surface area contributed by atoms with Gasteiger partial charge in [0, 0.05) is 16.0 Å². The number of rotatable bonds is 35. The molecule has 0 rings (SSSR count). The Hall–Kier alpha value is -1.13. The first kappa shape index (κ1) is 31.5. The zero-order valence-corrected chi connectivity index (χ0v) is 28.8. The molecule has 0 aliphatic rings. The number of carbonyl (C=O) groups excluding carboxylic acids is 1. The van der Waals surface area contributed by atoms with Gasteiger partial charge in [-0.05, 0) is 44.9 Å². The van der Waals surface area contributed by atoms with Gasteiger partial charge in [0.15, 0.2) is 0 Å². The maximum absolute atomic E-state index is 12.4. The number of hydrogen-bond donors (Lipinski definition) is 3. The highest BCUT2D eigenvalue weighted by Gasteiger charge is 2.17. The van der Waals surface area contributed by atoms with Crippen LogP contribution in [-0.2, 0) is 4.79 Å². The van der Waals surface area contributed by atoms with Crippen molar-refractivity contribution in [2.24, 2.45) is 0 Å². The van der Waals surface area contributed by atoms with Gasteiger partial charge < -0.3 is 15.5 Å². The number of hydrogen-bond acceptors (Lipinski definition) is 3. The Labute approximate surface area is 285 Å². The number of allylic oxidation sites excluding steroid dienone is 3. The standard InChI is InChI=1S/C40H77NO3/c1-3-5-7-9-11-13-15-17-18-19-20-21-22-24-26-28-30-32-34-36-40(44)41-38(37-42)39(43)35-33-31-29-27-25-23-16-14-12-10-8-6-4-2/h17-18,33,35,38-39,42-43H,3-16,19-32,34,36-37H2,1-2H3,(H,41,44)/b18-17+,35-33+/t38-,39+/m0/s1/i2D3,4D2,6D2. The summed E-state index contributed by atoms with van der Waals surface area (Å²) in [5.41, 5.74) is 0. The summed E-state index contributed by atoms with van der Waals surface area (Å²) in [6, 6.07) is -0.702. The SMILES string of the molecule is [2H]C([2H])([2H])C([2H])([2H])C([2H])([2H])CCCCCCCCCC/C=C/[C@@H](O)[C@H](CO)NC(=O)CCCCCCCCCCC/C=C/CCCCCCCC. The van der Waals surface area contributed by atoms with E-state index in [9.17, 15) is 15.0 Å². The summed E-state index contributed by atoms with van der Waals surface area (Å²) in [7, 11) is 0. The average molecular weight is 627 g/mol. The Morgan fingerprint density at radius 2 is 1.09 bits per heavy atom. The Balaban J connectivity index is 3.75. The van der Waals surface area contributed by atoms with Crippen LogP contribution in [0.2, 0.25) is 0 Å². The number of amides is 1. The molecule has 0 saturated heterocycles. The summed E-state index contributed by atoms with van der Waals surface area (Å²) in [5, 5.41) is 22.9. The third kappa shape index (κ3) is 32.3. The van der Waals surface area contributed by atoms with Crippen molar-refractivity contribution in [3.63, 3.8) is 0 Å². The van der Waals surface area contributed by atoms with E-state index in [2.05, 4.69) is 24.4 Å². The maximum atomic E-state index is 12.4. The van der Waals surface area contributed by atoms with Gasteiger partial charge in [0.2, 0.25) is 5.91 Å². The molecule has 0 aromatic rings. The first-order chi connectivity index (χ1) is 24.3. The molecule has 0 radical (unpaired) electrons. The lowest BCUT2D eigenvalue weighted by Gasteiger charge is -2.20. The smallest absolute Gasteiger partial charge is 0.220 e. The molecule has 2 atom stereocenters. The van der Waals surface area contributed by atoms with E-state index in [0.29, 0.717) is 12.8 Å². The fourth-order valence-electron chi connectivity index (χ4n) is 5.55. The topological polar surface area (TPSA) is 69.6 Å². The molecule has 4 heteroatoms.